The highest BCUT2D eigenvalue weighted by Crippen LogP contribution is 2.25. The molecule has 38 heavy (non-hydrogen) atoms. The first-order valence-electron chi connectivity index (χ1n) is 15.2. The van der Waals surface area contributed by atoms with Crippen LogP contribution < -0.4 is 9.47 Å². The summed E-state index contributed by atoms with van der Waals surface area (Å²) in [5, 5.41) is 0. The van der Waals surface area contributed by atoms with E-state index in [-0.39, 0.29) is 0 Å². The van der Waals surface area contributed by atoms with Crippen LogP contribution in [-0.2, 0) is 4.79 Å². The number of halogens is 1. The van der Waals surface area contributed by atoms with E-state index >= 15 is 0 Å². The number of hydrogen-bond donors (Lipinski definition) is 0. The van der Waals surface area contributed by atoms with Gasteiger partial charge in [-0.2, -0.15) is 0 Å². The van der Waals surface area contributed by atoms with Crippen molar-refractivity contribution in [2.45, 2.75) is 123 Å². The fraction of sp³-hybridized carbons (Fsp3) is 0.618. The van der Waals surface area contributed by atoms with E-state index in [1.165, 1.54) is 89.9 Å². The van der Waals surface area contributed by atoms with Crippen LogP contribution in [0.3, 0.4) is 0 Å². The molecule has 0 saturated carbocycles. The number of ether oxygens (including phenoxy) is 2. The third-order valence-corrected chi connectivity index (χ3v) is 7.09. The molecular weight excluding hydrogens is 475 g/mol. The first-order chi connectivity index (χ1) is 18.5. The zero-order chi connectivity index (χ0) is 27.4. The minimum atomic E-state index is -1.61. The van der Waals surface area contributed by atoms with Gasteiger partial charge in [-0.15, -0.1) is 0 Å². The van der Waals surface area contributed by atoms with Crippen LogP contribution in [-0.4, -0.2) is 18.7 Å². The molecule has 3 nitrogen and oxygen atoms in total. The quantitative estimate of drug-likeness (QED) is 0.0922. The average Bonchev–Trinajstić information content (AvgIpc) is 2.93. The van der Waals surface area contributed by atoms with E-state index in [1.807, 2.05) is 36.4 Å². The van der Waals surface area contributed by atoms with Crippen molar-refractivity contribution in [2.24, 2.45) is 5.92 Å². The van der Waals surface area contributed by atoms with Gasteiger partial charge in [-0.25, -0.2) is 9.18 Å². The zero-order valence-electron chi connectivity index (χ0n) is 24.2. The minimum Gasteiger partial charge on any atom is -0.494 e. The van der Waals surface area contributed by atoms with Gasteiger partial charge in [0.25, 0.3) is 0 Å². The lowest BCUT2D eigenvalue weighted by molar-refractivity contribution is -0.141. The predicted molar refractivity (Wildman–Crippen MR) is 158 cm³/mol. The Labute approximate surface area is 231 Å². The summed E-state index contributed by atoms with van der Waals surface area (Å²) >= 11 is 0. The van der Waals surface area contributed by atoms with Gasteiger partial charge in [-0.1, -0.05) is 135 Å². The molecule has 1 atom stereocenters. The number of rotatable bonds is 21. The maximum absolute atomic E-state index is 13.8. The van der Waals surface area contributed by atoms with E-state index < -0.39 is 18.1 Å². The van der Waals surface area contributed by atoms with Crippen molar-refractivity contribution >= 4 is 5.97 Å². The number of unbranched alkanes of at least 4 members (excludes halogenated alkanes) is 14. The second-order valence-corrected chi connectivity index (χ2v) is 10.9. The lowest BCUT2D eigenvalue weighted by Gasteiger charge is -2.11. The molecule has 2 aromatic rings. The van der Waals surface area contributed by atoms with Crippen LogP contribution >= 0.6 is 0 Å². The van der Waals surface area contributed by atoms with Crippen molar-refractivity contribution < 1.29 is 18.7 Å². The van der Waals surface area contributed by atoms with Gasteiger partial charge < -0.3 is 9.47 Å². The molecule has 0 saturated heterocycles. The second-order valence-electron chi connectivity index (χ2n) is 10.9. The number of alkyl halides is 1. The maximum Gasteiger partial charge on any atom is 0.346 e. The summed E-state index contributed by atoms with van der Waals surface area (Å²) in [4.78, 5) is 11.8. The molecule has 0 aromatic heterocycles. The molecule has 2 aromatic carbocycles. The third-order valence-electron chi connectivity index (χ3n) is 7.09. The van der Waals surface area contributed by atoms with Crippen molar-refractivity contribution in [2.75, 3.05) is 6.61 Å². The Balaban J connectivity index is 1.51. The fourth-order valence-electron chi connectivity index (χ4n) is 4.57. The van der Waals surface area contributed by atoms with Crippen LogP contribution in [0.25, 0.3) is 11.1 Å². The second kappa shape index (κ2) is 19.7. The average molecular weight is 527 g/mol. The van der Waals surface area contributed by atoms with Crippen molar-refractivity contribution in [3.8, 4) is 22.6 Å². The summed E-state index contributed by atoms with van der Waals surface area (Å²) in [6.45, 7) is 6.34. The van der Waals surface area contributed by atoms with Gasteiger partial charge in [-0.3, -0.25) is 0 Å². The maximum atomic E-state index is 13.8. The molecule has 0 spiro atoms. The van der Waals surface area contributed by atoms with Crippen LogP contribution in [0.1, 0.15) is 117 Å². The topological polar surface area (TPSA) is 35.5 Å². The Morgan fingerprint density at radius 3 is 1.45 bits per heavy atom. The molecule has 0 fully saturated rings. The van der Waals surface area contributed by atoms with Gasteiger partial charge in [0.05, 0.1) is 6.61 Å². The highest BCUT2D eigenvalue weighted by molar-refractivity contribution is 5.77. The Morgan fingerprint density at radius 1 is 0.632 bits per heavy atom. The van der Waals surface area contributed by atoms with Gasteiger partial charge in [0.15, 0.2) is 6.17 Å². The Hall–Kier alpha value is -2.36. The van der Waals surface area contributed by atoms with E-state index in [2.05, 4.69) is 6.92 Å². The number of carbonyl (C=O) groups excluding carboxylic acids is 1. The Bertz CT molecular complexity index is 860. The van der Waals surface area contributed by atoms with Crippen LogP contribution in [0.15, 0.2) is 48.5 Å². The van der Waals surface area contributed by atoms with Crippen LogP contribution in [0.2, 0.25) is 0 Å². The molecule has 2 rings (SSSR count). The summed E-state index contributed by atoms with van der Waals surface area (Å²) in [5.41, 5.74) is 2.05. The number of carbonyl (C=O) groups is 1. The largest absolute Gasteiger partial charge is 0.494 e. The van der Waals surface area contributed by atoms with Crippen molar-refractivity contribution in [1.29, 1.82) is 0 Å². The molecule has 0 bridgehead atoms. The van der Waals surface area contributed by atoms with E-state index in [9.17, 15) is 9.18 Å². The number of esters is 1. The van der Waals surface area contributed by atoms with Crippen molar-refractivity contribution in [3.05, 3.63) is 48.5 Å². The first-order valence-corrected chi connectivity index (χ1v) is 15.2. The predicted octanol–water partition coefficient (Wildman–Crippen LogP) is 10.5. The molecule has 1 unspecified atom stereocenters. The SMILES string of the molecule is CCCCCCCCCCCCCCCCCOc1ccc(-c2ccc(OC(=O)C(F)C(C)C)cc2)cc1. The highest BCUT2D eigenvalue weighted by Gasteiger charge is 2.23. The van der Waals surface area contributed by atoms with Gasteiger partial charge in [0, 0.05) is 0 Å². The molecule has 0 aliphatic rings. The summed E-state index contributed by atoms with van der Waals surface area (Å²) in [6, 6.07) is 15.2. The van der Waals surface area contributed by atoms with Crippen LogP contribution in [0.5, 0.6) is 11.5 Å². The van der Waals surface area contributed by atoms with E-state index in [4.69, 9.17) is 9.47 Å². The number of benzene rings is 2. The summed E-state index contributed by atoms with van der Waals surface area (Å²) in [7, 11) is 0. The van der Waals surface area contributed by atoms with Crippen LogP contribution in [0.4, 0.5) is 4.39 Å². The van der Waals surface area contributed by atoms with Gasteiger partial charge in [-0.05, 0) is 47.7 Å². The normalized spacial score (nSPS) is 12.0. The molecule has 0 amide bonds. The molecule has 0 aliphatic carbocycles. The lowest BCUT2D eigenvalue weighted by Crippen LogP contribution is -2.26. The molecular formula is C34H51FO3. The summed E-state index contributed by atoms with van der Waals surface area (Å²) in [5.74, 6) is -0.0112. The van der Waals surface area contributed by atoms with E-state index in [1.54, 1.807) is 26.0 Å². The van der Waals surface area contributed by atoms with Crippen LogP contribution in [0, 0.1) is 5.92 Å². The molecule has 0 radical (unpaired) electrons. The van der Waals surface area contributed by atoms with Gasteiger partial charge >= 0.3 is 5.97 Å². The third kappa shape index (κ3) is 13.4. The summed E-state index contributed by atoms with van der Waals surface area (Å²) < 4.78 is 24.8. The zero-order valence-corrected chi connectivity index (χ0v) is 24.2. The molecule has 0 N–H and O–H groups in total. The highest BCUT2D eigenvalue weighted by atomic mass is 19.1. The smallest absolute Gasteiger partial charge is 0.346 e. The minimum absolute atomic E-state index is 0.352. The first kappa shape index (κ1) is 31.9. The molecule has 4 heteroatoms. The van der Waals surface area contributed by atoms with E-state index in [0.717, 1.165) is 29.9 Å². The lowest BCUT2D eigenvalue weighted by atomic mass is 10.0. The molecule has 0 aliphatic heterocycles. The summed E-state index contributed by atoms with van der Waals surface area (Å²) in [6.07, 6.45) is 18.8. The Kier molecular flexibility index (Phi) is 16.5. The number of hydrogen-bond acceptors (Lipinski definition) is 3. The fourth-order valence-corrected chi connectivity index (χ4v) is 4.57. The molecule has 0 heterocycles. The molecule has 212 valence electrons. The standard InChI is InChI=1S/C34H51FO3/c1-4-5-6-7-8-9-10-11-12-13-14-15-16-17-18-27-37-31-23-19-29(20-24-31)30-21-25-32(26-22-30)38-34(36)33(35)28(2)3/h19-26,28,33H,4-18,27H2,1-3H3. The van der Waals surface area contributed by atoms with E-state index in [0.29, 0.717) is 5.75 Å². The van der Waals surface area contributed by atoms with Gasteiger partial charge in [0.1, 0.15) is 11.5 Å². The van der Waals surface area contributed by atoms with Gasteiger partial charge in [0.2, 0.25) is 0 Å². The Morgan fingerprint density at radius 2 is 1.03 bits per heavy atom. The monoisotopic (exact) mass is 526 g/mol. The van der Waals surface area contributed by atoms with Crippen molar-refractivity contribution in [1.82, 2.24) is 0 Å². The van der Waals surface area contributed by atoms with Crippen molar-refractivity contribution in [3.63, 3.8) is 0 Å².